The van der Waals surface area contributed by atoms with E-state index in [4.69, 9.17) is 6.42 Å². The van der Waals surface area contributed by atoms with Crippen LogP contribution < -0.4 is 5.32 Å². The Morgan fingerprint density at radius 2 is 2.00 bits per heavy atom. The Morgan fingerprint density at radius 1 is 1.29 bits per heavy atom. The van der Waals surface area contributed by atoms with E-state index in [1.54, 1.807) is 24.3 Å². The molecule has 1 aromatic carbocycles. The number of hydrogen-bond acceptors (Lipinski definition) is 3. The summed E-state index contributed by atoms with van der Waals surface area (Å²) in [4.78, 5) is 11.9. The van der Waals surface area contributed by atoms with E-state index in [9.17, 15) is 15.0 Å². The number of hydrogen-bond donors (Lipinski definition) is 3. The molecule has 21 heavy (non-hydrogen) atoms. The Hall–Kier alpha value is -2.27. The number of carbonyl (C=O) groups is 1. The average molecular weight is 285 g/mol. The minimum Gasteiger partial charge on any atom is -0.394 e. The molecule has 1 amide bonds. The maximum Gasteiger partial charge on any atom is 0.251 e. The van der Waals surface area contributed by atoms with Crippen LogP contribution in [-0.2, 0) is 0 Å². The monoisotopic (exact) mass is 285 g/mol. The lowest BCUT2D eigenvalue weighted by molar-refractivity contribution is 0.0893. The molecule has 1 aromatic rings. The van der Waals surface area contributed by atoms with Crippen molar-refractivity contribution in [3.8, 4) is 24.2 Å². The molecule has 3 N–H and O–H groups in total. The molecule has 0 aliphatic rings. The first-order valence-corrected chi connectivity index (χ1v) is 6.74. The summed E-state index contributed by atoms with van der Waals surface area (Å²) >= 11 is 0. The Labute approximate surface area is 125 Å². The number of rotatable bonds is 6. The number of aliphatic hydroxyl groups is 2. The Bertz CT molecular complexity index is 537. The van der Waals surface area contributed by atoms with Crippen LogP contribution in [0.5, 0.6) is 0 Å². The maximum atomic E-state index is 11.9. The first-order chi connectivity index (χ1) is 10.2. The van der Waals surface area contributed by atoms with Gasteiger partial charge in [-0.1, -0.05) is 30.0 Å². The number of aliphatic hydroxyl groups excluding tert-OH is 2. The highest BCUT2D eigenvalue weighted by Crippen LogP contribution is 2.02. The van der Waals surface area contributed by atoms with Gasteiger partial charge in [-0.25, -0.2) is 0 Å². The molecule has 0 heterocycles. The van der Waals surface area contributed by atoms with Crippen LogP contribution in [0.15, 0.2) is 30.3 Å². The third-order valence-corrected chi connectivity index (χ3v) is 2.76. The van der Waals surface area contributed by atoms with E-state index < -0.39 is 12.1 Å². The second-order valence-electron chi connectivity index (χ2n) is 4.50. The summed E-state index contributed by atoms with van der Waals surface area (Å²) in [6.45, 7) is -0.262. The molecule has 1 rings (SSSR count). The standard InChI is InChI=1S/C17H19NO3/c1-2-3-4-8-11-16(20)12-15(13-19)18-17(21)14-9-6-5-7-10-14/h1,5-7,9-10,15-16,19-20H,3-4,12-13H2,(H,18,21). The summed E-state index contributed by atoms with van der Waals surface area (Å²) in [5.74, 6) is 7.57. The van der Waals surface area contributed by atoms with E-state index in [-0.39, 0.29) is 18.9 Å². The molecule has 2 unspecified atom stereocenters. The lowest BCUT2D eigenvalue weighted by atomic mass is 10.1. The van der Waals surface area contributed by atoms with Gasteiger partial charge in [-0.2, -0.15) is 0 Å². The summed E-state index contributed by atoms with van der Waals surface area (Å²) in [5.41, 5.74) is 0.505. The molecule has 0 saturated heterocycles. The van der Waals surface area contributed by atoms with Gasteiger partial charge >= 0.3 is 0 Å². The lowest BCUT2D eigenvalue weighted by Crippen LogP contribution is -2.39. The summed E-state index contributed by atoms with van der Waals surface area (Å²) in [6, 6.07) is 8.15. The van der Waals surface area contributed by atoms with Crippen molar-refractivity contribution in [3.05, 3.63) is 35.9 Å². The van der Waals surface area contributed by atoms with Crippen LogP contribution in [0.1, 0.15) is 29.6 Å². The third-order valence-electron chi connectivity index (χ3n) is 2.76. The highest BCUT2D eigenvalue weighted by molar-refractivity contribution is 5.94. The molecule has 0 spiro atoms. The highest BCUT2D eigenvalue weighted by atomic mass is 16.3. The van der Waals surface area contributed by atoms with Crippen molar-refractivity contribution in [3.63, 3.8) is 0 Å². The number of benzene rings is 1. The molecule has 4 nitrogen and oxygen atoms in total. The smallest absolute Gasteiger partial charge is 0.251 e. The molecule has 0 aliphatic carbocycles. The fourth-order valence-corrected chi connectivity index (χ4v) is 1.69. The van der Waals surface area contributed by atoms with Gasteiger partial charge in [-0.05, 0) is 12.1 Å². The summed E-state index contributed by atoms with van der Waals surface area (Å²) in [6.07, 6.45) is 5.41. The van der Waals surface area contributed by atoms with Crippen molar-refractivity contribution in [1.82, 2.24) is 5.32 Å². The Balaban J connectivity index is 2.49. The zero-order valence-corrected chi connectivity index (χ0v) is 11.7. The predicted molar refractivity (Wildman–Crippen MR) is 81.2 cm³/mol. The van der Waals surface area contributed by atoms with E-state index >= 15 is 0 Å². The number of unbranched alkanes of at least 4 members (excludes halogenated alkanes) is 1. The first kappa shape index (κ1) is 16.8. The van der Waals surface area contributed by atoms with Crippen molar-refractivity contribution >= 4 is 5.91 Å². The van der Waals surface area contributed by atoms with Gasteiger partial charge in [0.25, 0.3) is 5.91 Å². The van der Waals surface area contributed by atoms with Gasteiger partial charge < -0.3 is 15.5 Å². The first-order valence-electron chi connectivity index (χ1n) is 6.74. The summed E-state index contributed by atoms with van der Waals surface area (Å²) in [7, 11) is 0. The lowest BCUT2D eigenvalue weighted by Gasteiger charge is -2.17. The van der Waals surface area contributed by atoms with E-state index in [0.717, 1.165) is 0 Å². The van der Waals surface area contributed by atoms with E-state index in [2.05, 4.69) is 23.1 Å². The second-order valence-corrected chi connectivity index (χ2v) is 4.50. The van der Waals surface area contributed by atoms with Gasteiger partial charge in [0, 0.05) is 24.8 Å². The molecule has 0 bridgehead atoms. The van der Waals surface area contributed by atoms with Gasteiger partial charge in [-0.15, -0.1) is 12.3 Å². The second kappa shape index (κ2) is 9.61. The van der Waals surface area contributed by atoms with E-state index in [1.807, 2.05) is 6.07 Å². The Kier molecular flexibility index (Phi) is 7.68. The van der Waals surface area contributed by atoms with Crippen LogP contribution in [0.2, 0.25) is 0 Å². The van der Waals surface area contributed by atoms with Gasteiger partial charge in [0.15, 0.2) is 0 Å². The predicted octanol–water partition coefficient (Wildman–Crippen LogP) is 0.945. The molecular weight excluding hydrogens is 266 g/mol. The topological polar surface area (TPSA) is 69.6 Å². The molecule has 0 aliphatic heterocycles. The van der Waals surface area contributed by atoms with E-state index in [1.165, 1.54) is 0 Å². The quantitative estimate of drug-likeness (QED) is 0.538. The fraction of sp³-hybridized carbons (Fsp3) is 0.353. The number of terminal acetylenes is 1. The molecule has 0 aromatic heterocycles. The van der Waals surface area contributed by atoms with Crippen molar-refractivity contribution in [1.29, 1.82) is 0 Å². The number of carbonyl (C=O) groups excluding carboxylic acids is 1. The maximum absolute atomic E-state index is 11.9. The average Bonchev–Trinajstić information content (AvgIpc) is 2.51. The van der Waals surface area contributed by atoms with Crippen LogP contribution in [0.25, 0.3) is 0 Å². The van der Waals surface area contributed by atoms with Gasteiger partial charge in [-0.3, -0.25) is 4.79 Å². The Morgan fingerprint density at radius 3 is 2.62 bits per heavy atom. The number of nitrogens with one attached hydrogen (secondary N) is 1. The minimum atomic E-state index is -0.906. The van der Waals surface area contributed by atoms with Crippen molar-refractivity contribution in [2.24, 2.45) is 0 Å². The van der Waals surface area contributed by atoms with Gasteiger partial charge in [0.2, 0.25) is 0 Å². The zero-order chi connectivity index (χ0) is 15.5. The largest absolute Gasteiger partial charge is 0.394 e. The summed E-state index contributed by atoms with van der Waals surface area (Å²) < 4.78 is 0. The van der Waals surface area contributed by atoms with Crippen LogP contribution in [0.3, 0.4) is 0 Å². The highest BCUT2D eigenvalue weighted by Gasteiger charge is 2.15. The number of amides is 1. The van der Waals surface area contributed by atoms with Crippen molar-refractivity contribution in [2.75, 3.05) is 6.61 Å². The molecule has 0 radical (unpaired) electrons. The molecule has 0 saturated carbocycles. The molecule has 4 heteroatoms. The molecule has 2 atom stereocenters. The molecule has 110 valence electrons. The van der Waals surface area contributed by atoms with E-state index in [0.29, 0.717) is 18.4 Å². The van der Waals surface area contributed by atoms with Crippen molar-refractivity contribution in [2.45, 2.75) is 31.4 Å². The zero-order valence-electron chi connectivity index (χ0n) is 11.7. The normalized spacial score (nSPS) is 12.4. The van der Waals surface area contributed by atoms with Crippen LogP contribution in [-0.4, -0.2) is 34.9 Å². The summed E-state index contributed by atoms with van der Waals surface area (Å²) in [5, 5.41) is 21.7. The van der Waals surface area contributed by atoms with Crippen molar-refractivity contribution < 1.29 is 15.0 Å². The molecule has 0 fully saturated rings. The van der Waals surface area contributed by atoms with Crippen LogP contribution >= 0.6 is 0 Å². The minimum absolute atomic E-state index is 0.165. The van der Waals surface area contributed by atoms with Gasteiger partial charge in [0.05, 0.1) is 12.6 Å². The van der Waals surface area contributed by atoms with Gasteiger partial charge in [0.1, 0.15) is 6.10 Å². The third kappa shape index (κ3) is 6.63. The van der Waals surface area contributed by atoms with Crippen LogP contribution in [0, 0.1) is 24.2 Å². The molecular formula is C17H19NO3. The SMILES string of the molecule is C#CCCC#CC(O)CC(CO)NC(=O)c1ccccc1. The fourth-order valence-electron chi connectivity index (χ4n) is 1.69. The van der Waals surface area contributed by atoms with Crippen LogP contribution in [0.4, 0.5) is 0 Å².